The lowest BCUT2D eigenvalue weighted by Crippen LogP contribution is -1.93. The van der Waals surface area contributed by atoms with E-state index in [4.69, 9.17) is 5.21 Å². The van der Waals surface area contributed by atoms with E-state index in [1.54, 1.807) is 0 Å². The van der Waals surface area contributed by atoms with E-state index in [0.717, 1.165) is 24.1 Å². The van der Waals surface area contributed by atoms with Gasteiger partial charge in [-0.1, -0.05) is 23.4 Å². The standard InChI is InChI=1S/C10H11NO/c1-7-3-2-4-9-8(7)5-6-10(9)11-12/h2-4,12H,5-6H2,1H3. The van der Waals surface area contributed by atoms with E-state index in [-0.39, 0.29) is 0 Å². The molecule has 1 aromatic rings. The molecule has 0 radical (unpaired) electrons. The summed E-state index contributed by atoms with van der Waals surface area (Å²) in [5.74, 6) is 0. The van der Waals surface area contributed by atoms with E-state index in [1.165, 1.54) is 11.1 Å². The van der Waals surface area contributed by atoms with Gasteiger partial charge in [-0.25, -0.2) is 0 Å². The van der Waals surface area contributed by atoms with Crippen LogP contribution in [-0.2, 0) is 6.42 Å². The van der Waals surface area contributed by atoms with E-state index in [1.807, 2.05) is 12.1 Å². The molecule has 0 saturated heterocycles. The van der Waals surface area contributed by atoms with Crippen molar-refractivity contribution in [3.63, 3.8) is 0 Å². The third kappa shape index (κ3) is 0.916. The summed E-state index contributed by atoms with van der Waals surface area (Å²) >= 11 is 0. The van der Waals surface area contributed by atoms with Gasteiger partial charge in [-0.2, -0.15) is 0 Å². The average Bonchev–Trinajstić information content (AvgIpc) is 2.49. The molecule has 1 N–H and O–H groups in total. The van der Waals surface area contributed by atoms with E-state index in [0.29, 0.717) is 0 Å². The van der Waals surface area contributed by atoms with E-state index in [2.05, 4.69) is 18.1 Å². The van der Waals surface area contributed by atoms with E-state index < -0.39 is 0 Å². The molecule has 2 rings (SSSR count). The highest BCUT2D eigenvalue weighted by atomic mass is 16.4. The summed E-state index contributed by atoms with van der Waals surface area (Å²) in [6, 6.07) is 6.12. The Morgan fingerprint density at radius 2 is 2.17 bits per heavy atom. The minimum Gasteiger partial charge on any atom is -0.411 e. The summed E-state index contributed by atoms with van der Waals surface area (Å²) in [7, 11) is 0. The molecule has 1 aliphatic carbocycles. The Hall–Kier alpha value is -1.31. The molecular weight excluding hydrogens is 150 g/mol. The van der Waals surface area contributed by atoms with Crippen LogP contribution in [0.5, 0.6) is 0 Å². The molecule has 2 heteroatoms. The van der Waals surface area contributed by atoms with Gasteiger partial charge in [0.15, 0.2) is 0 Å². The molecule has 0 atom stereocenters. The van der Waals surface area contributed by atoms with Crippen LogP contribution in [0.2, 0.25) is 0 Å². The Bertz CT molecular complexity index is 342. The first-order valence-corrected chi connectivity index (χ1v) is 4.12. The molecule has 0 fully saturated rings. The molecule has 62 valence electrons. The lowest BCUT2D eigenvalue weighted by Gasteiger charge is -2.01. The van der Waals surface area contributed by atoms with Crippen LogP contribution in [0.3, 0.4) is 0 Å². The number of hydrogen-bond acceptors (Lipinski definition) is 2. The fraction of sp³-hybridized carbons (Fsp3) is 0.300. The van der Waals surface area contributed by atoms with Crippen molar-refractivity contribution in [3.8, 4) is 0 Å². The summed E-state index contributed by atoms with van der Waals surface area (Å²) in [5, 5.41) is 12.0. The first-order valence-electron chi connectivity index (χ1n) is 4.12. The van der Waals surface area contributed by atoms with E-state index in [9.17, 15) is 0 Å². The van der Waals surface area contributed by atoms with Crippen LogP contribution in [0, 0.1) is 6.92 Å². The highest BCUT2D eigenvalue weighted by molar-refractivity contribution is 6.04. The number of hydrogen-bond donors (Lipinski definition) is 1. The monoisotopic (exact) mass is 161 g/mol. The quantitative estimate of drug-likeness (QED) is 0.458. The van der Waals surface area contributed by atoms with Crippen LogP contribution in [0.4, 0.5) is 0 Å². The van der Waals surface area contributed by atoms with Crippen molar-refractivity contribution in [3.05, 3.63) is 34.9 Å². The van der Waals surface area contributed by atoms with Crippen LogP contribution in [0.1, 0.15) is 23.1 Å². The Balaban J connectivity index is 2.61. The van der Waals surface area contributed by atoms with Crippen LogP contribution in [0.25, 0.3) is 0 Å². The van der Waals surface area contributed by atoms with E-state index >= 15 is 0 Å². The van der Waals surface area contributed by atoms with Crippen LogP contribution >= 0.6 is 0 Å². The SMILES string of the molecule is Cc1cccc2c1CCC2=NO. The number of benzene rings is 1. The Kier molecular flexibility index (Phi) is 1.61. The lowest BCUT2D eigenvalue weighted by atomic mass is 10.0. The summed E-state index contributed by atoms with van der Waals surface area (Å²) in [6.45, 7) is 2.10. The summed E-state index contributed by atoms with van der Waals surface area (Å²) in [6.07, 6.45) is 1.89. The molecule has 1 aliphatic rings. The molecule has 0 amide bonds. The molecule has 0 saturated carbocycles. The van der Waals surface area contributed by atoms with Gasteiger partial charge in [0.25, 0.3) is 0 Å². The van der Waals surface area contributed by atoms with Crippen molar-refractivity contribution in [2.75, 3.05) is 0 Å². The Morgan fingerprint density at radius 3 is 2.92 bits per heavy atom. The highest BCUT2D eigenvalue weighted by Crippen LogP contribution is 2.24. The Morgan fingerprint density at radius 1 is 1.33 bits per heavy atom. The van der Waals surface area contributed by atoms with Crippen molar-refractivity contribution >= 4 is 5.71 Å². The van der Waals surface area contributed by atoms with Crippen molar-refractivity contribution < 1.29 is 5.21 Å². The third-order valence-electron chi connectivity index (χ3n) is 2.45. The van der Waals surface area contributed by atoms with Gasteiger partial charge in [0.1, 0.15) is 0 Å². The first-order chi connectivity index (χ1) is 5.83. The van der Waals surface area contributed by atoms with Gasteiger partial charge in [-0.15, -0.1) is 0 Å². The van der Waals surface area contributed by atoms with Crippen molar-refractivity contribution in [2.45, 2.75) is 19.8 Å². The zero-order valence-corrected chi connectivity index (χ0v) is 7.04. The molecule has 0 aliphatic heterocycles. The molecule has 0 heterocycles. The predicted molar refractivity (Wildman–Crippen MR) is 47.8 cm³/mol. The predicted octanol–water partition coefficient (Wildman–Crippen LogP) is 2.12. The second-order valence-corrected chi connectivity index (χ2v) is 3.15. The Labute approximate surface area is 71.5 Å². The second kappa shape index (κ2) is 2.63. The largest absolute Gasteiger partial charge is 0.411 e. The molecule has 0 aromatic heterocycles. The normalized spacial score (nSPS) is 18.2. The lowest BCUT2D eigenvalue weighted by molar-refractivity contribution is 0.318. The van der Waals surface area contributed by atoms with Crippen molar-refractivity contribution in [1.29, 1.82) is 0 Å². The zero-order valence-electron chi connectivity index (χ0n) is 7.04. The number of fused-ring (bicyclic) bond motifs is 1. The number of rotatable bonds is 0. The maximum atomic E-state index is 8.69. The van der Waals surface area contributed by atoms with Gasteiger partial charge in [0, 0.05) is 5.56 Å². The highest BCUT2D eigenvalue weighted by Gasteiger charge is 2.18. The fourth-order valence-electron chi connectivity index (χ4n) is 1.79. The maximum absolute atomic E-state index is 8.69. The molecule has 2 nitrogen and oxygen atoms in total. The smallest absolute Gasteiger partial charge is 0.0873 e. The molecule has 0 unspecified atom stereocenters. The topological polar surface area (TPSA) is 32.6 Å². The van der Waals surface area contributed by atoms with Crippen molar-refractivity contribution in [2.24, 2.45) is 5.16 Å². The molecular formula is C10H11NO. The van der Waals surface area contributed by atoms with Crippen LogP contribution in [-0.4, -0.2) is 10.9 Å². The summed E-state index contributed by atoms with van der Waals surface area (Å²) in [4.78, 5) is 0. The summed E-state index contributed by atoms with van der Waals surface area (Å²) < 4.78 is 0. The number of nitrogens with zero attached hydrogens (tertiary/aromatic N) is 1. The first kappa shape index (κ1) is 7.35. The molecule has 0 bridgehead atoms. The van der Waals surface area contributed by atoms with Gasteiger partial charge >= 0.3 is 0 Å². The van der Waals surface area contributed by atoms with Gasteiger partial charge in [0.2, 0.25) is 0 Å². The molecule has 0 spiro atoms. The molecule has 12 heavy (non-hydrogen) atoms. The van der Waals surface area contributed by atoms with Gasteiger partial charge in [-0.3, -0.25) is 0 Å². The maximum Gasteiger partial charge on any atom is 0.0873 e. The third-order valence-corrected chi connectivity index (χ3v) is 2.45. The molecule has 1 aromatic carbocycles. The minimum absolute atomic E-state index is 0.828. The number of aryl methyl sites for hydroxylation is 1. The fourth-order valence-corrected chi connectivity index (χ4v) is 1.79. The summed E-state index contributed by atoms with van der Waals surface area (Å²) in [5.41, 5.74) is 4.59. The van der Waals surface area contributed by atoms with Crippen LogP contribution < -0.4 is 0 Å². The van der Waals surface area contributed by atoms with Gasteiger partial charge in [-0.05, 0) is 30.9 Å². The minimum atomic E-state index is 0.828. The number of oxime groups is 1. The van der Waals surface area contributed by atoms with Crippen molar-refractivity contribution in [1.82, 2.24) is 0 Å². The van der Waals surface area contributed by atoms with Gasteiger partial charge in [0.05, 0.1) is 5.71 Å². The zero-order chi connectivity index (χ0) is 8.55. The van der Waals surface area contributed by atoms with Crippen LogP contribution in [0.15, 0.2) is 23.4 Å². The second-order valence-electron chi connectivity index (χ2n) is 3.15. The van der Waals surface area contributed by atoms with Gasteiger partial charge < -0.3 is 5.21 Å². The average molecular weight is 161 g/mol.